The molecule has 0 aromatic rings. The first kappa shape index (κ1) is 12.2. The molecule has 0 saturated heterocycles. The predicted octanol–water partition coefficient (Wildman–Crippen LogP) is 0.825. The van der Waals surface area contributed by atoms with Gasteiger partial charge in [-0.1, -0.05) is 0 Å². The van der Waals surface area contributed by atoms with E-state index in [0.29, 0.717) is 6.42 Å². The van der Waals surface area contributed by atoms with Gasteiger partial charge in [0, 0.05) is 6.61 Å². The van der Waals surface area contributed by atoms with Gasteiger partial charge in [0.15, 0.2) is 0 Å². The number of aliphatic hydroxyl groups excluding tert-OH is 1. The van der Waals surface area contributed by atoms with E-state index in [1.807, 2.05) is 0 Å². The van der Waals surface area contributed by atoms with E-state index < -0.39 is 11.7 Å². The fourth-order valence-electron chi connectivity index (χ4n) is 0.546. The van der Waals surface area contributed by atoms with Gasteiger partial charge in [-0.25, -0.2) is 4.79 Å². The van der Waals surface area contributed by atoms with E-state index in [-0.39, 0.29) is 13.2 Å². The van der Waals surface area contributed by atoms with Gasteiger partial charge in [0.1, 0.15) is 5.60 Å². The van der Waals surface area contributed by atoms with Crippen LogP contribution in [0.5, 0.6) is 0 Å². The summed E-state index contributed by atoms with van der Waals surface area (Å²) < 4.78 is 4.88. The van der Waals surface area contributed by atoms with E-state index >= 15 is 0 Å². The summed E-state index contributed by atoms with van der Waals surface area (Å²) in [5.74, 6) is 0. The van der Waals surface area contributed by atoms with Gasteiger partial charge in [-0.3, -0.25) is 4.84 Å². The maximum Gasteiger partial charge on any atom is 0.431 e. The van der Waals surface area contributed by atoms with Crippen LogP contribution in [0.1, 0.15) is 27.2 Å². The third-order valence-corrected chi connectivity index (χ3v) is 0.959. The standard InChI is InChI=1S/C8H17NO4/c1-8(2,3)13-7(11)9-12-6-4-5-10/h10H,4-6H2,1-3H3,(H,9,11). The van der Waals surface area contributed by atoms with E-state index in [9.17, 15) is 4.79 Å². The molecule has 5 heteroatoms. The summed E-state index contributed by atoms with van der Waals surface area (Å²) >= 11 is 0. The third-order valence-electron chi connectivity index (χ3n) is 0.959. The zero-order valence-corrected chi connectivity index (χ0v) is 8.29. The fourth-order valence-corrected chi connectivity index (χ4v) is 0.546. The van der Waals surface area contributed by atoms with Crippen LogP contribution in [0.2, 0.25) is 0 Å². The average molecular weight is 191 g/mol. The second-order valence-corrected chi connectivity index (χ2v) is 3.53. The van der Waals surface area contributed by atoms with E-state index in [4.69, 9.17) is 14.7 Å². The van der Waals surface area contributed by atoms with Crippen LogP contribution in [-0.4, -0.2) is 30.0 Å². The zero-order valence-electron chi connectivity index (χ0n) is 8.29. The summed E-state index contributed by atoms with van der Waals surface area (Å²) in [7, 11) is 0. The first-order chi connectivity index (χ1) is 5.95. The molecule has 0 bridgehead atoms. The van der Waals surface area contributed by atoms with Gasteiger partial charge in [0.2, 0.25) is 0 Å². The van der Waals surface area contributed by atoms with Crippen molar-refractivity contribution in [3.63, 3.8) is 0 Å². The molecule has 1 amide bonds. The Morgan fingerprint density at radius 1 is 1.46 bits per heavy atom. The van der Waals surface area contributed by atoms with Gasteiger partial charge in [0.05, 0.1) is 6.61 Å². The molecular formula is C8H17NO4. The van der Waals surface area contributed by atoms with Crippen LogP contribution in [0.3, 0.4) is 0 Å². The first-order valence-corrected chi connectivity index (χ1v) is 4.17. The monoisotopic (exact) mass is 191 g/mol. The van der Waals surface area contributed by atoms with Crippen molar-refractivity contribution >= 4 is 6.09 Å². The zero-order chi connectivity index (χ0) is 10.3. The molecule has 0 unspecified atom stereocenters. The number of amides is 1. The van der Waals surface area contributed by atoms with Gasteiger partial charge in [-0.15, -0.1) is 0 Å². The van der Waals surface area contributed by atoms with Crippen molar-refractivity contribution in [2.75, 3.05) is 13.2 Å². The van der Waals surface area contributed by atoms with Crippen molar-refractivity contribution in [1.29, 1.82) is 0 Å². The maximum atomic E-state index is 10.9. The number of rotatable bonds is 4. The lowest BCUT2D eigenvalue weighted by atomic mass is 10.2. The highest BCUT2D eigenvalue weighted by Crippen LogP contribution is 2.06. The van der Waals surface area contributed by atoms with E-state index in [1.54, 1.807) is 20.8 Å². The lowest BCUT2D eigenvalue weighted by Gasteiger charge is -2.19. The third kappa shape index (κ3) is 9.10. The smallest absolute Gasteiger partial charge is 0.431 e. The molecule has 0 fully saturated rings. The second kappa shape index (κ2) is 5.77. The van der Waals surface area contributed by atoms with Crippen LogP contribution in [-0.2, 0) is 9.57 Å². The molecule has 0 spiro atoms. The van der Waals surface area contributed by atoms with Crippen LogP contribution in [0.15, 0.2) is 0 Å². The number of ether oxygens (including phenoxy) is 1. The highest BCUT2D eigenvalue weighted by molar-refractivity contribution is 5.66. The number of carbonyl (C=O) groups is 1. The normalized spacial score (nSPS) is 11.1. The van der Waals surface area contributed by atoms with Gasteiger partial charge in [-0.2, -0.15) is 5.48 Å². The number of aliphatic hydroxyl groups is 1. The summed E-state index contributed by atoms with van der Waals surface area (Å²) in [5.41, 5.74) is 1.58. The second-order valence-electron chi connectivity index (χ2n) is 3.53. The molecule has 13 heavy (non-hydrogen) atoms. The molecule has 0 aromatic heterocycles. The highest BCUT2D eigenvalue weighted by atomic mass is 16.7. The van der Waals surface area contributed by atoms with Gasteiger partial charge in [0.25, 0.3) is 0 Å². The summed E-state index contributed by atoms with van der Waals surface area (Å²) in [5, 5.41) is 8.39. The Kier molecular flexibility index (Phi) is 5.41. The fraction of sp³-hybridized carbons (Fsp3) is 0.875. The molecule has 0 rings (SSSR count). The predicted molar refractivity (Wildman–Crippen MR) is 47.0 cm³/mol. The summed E-state index contributed by atoms with van der Waals surface area (Å²) in [6.07, 6.45) is -0.138. The van der Waals surface area contributed by atoms with Crippen molar-refractivity contribution in [2.24, 2.45) is 0 Å². The minimum absolute atomic E-state index is 0.0377. The first-order valence-electron chi connectivity index (χ1n) is 4.17. The van der Waals surface area contributed by atoms with Crippen LogP contribution in [0.25, 0.3) is 0 Å². The molecule has 0 heterocycles. The molecule has 78 valence electrons. The van der Waals surface area contributed by atoms with E-state index in [2.05, 4.69) is 5.48 Å². The molecule has 0 aliphatic carbocycles. The molecule has 0 aliphatic heterocycles. The maximum absolute atomic E-state index is 10.9. The van der Waals surface area contributed by atoms with Crippen LogP contribution < -0.4 is 5.48 Å². The SMILES string of the molecule is CC(C)(C)OC(=O)NOCCCO. The summed E-state index contributed by atoms with van der Waals surface area (Å²) in [6.45, 7) is 5.60. The molecule has 2 N–H and O–H groups in total. The number of nitrogens with one attached hydrogen (secondary N) is 1. The quantitative estimate of drug-likeness (QED) is 0.510. The average Bonchev–Trinajstić information content (AvgIpc) is 1.94. The van der Waals surface area contributed by atoms with Crippen molar-refractivity contribution < 1.29 is 19.5 Å². The minimum atomic E-state index is -0.620. The number of hydrogen-bond donors (Lipinski definition) is 2. The van der Waals surface area contributed by atoms with Crippen LogP contribution >= 0.6 is 0 Å². The molecule has 0 saturated carbocycles. The number of hydroxylamine groups is 1. The van der Waals surface area contributed by atoms with Crippen LogP contribution in [0, 0.1) is 0 Å². The van der Waals surface area contributed by atoms with Crippen molar-refractivity contribution in [1.82, 2.24) is 5.48 Å². The number of hydrogen-bond acceptors (Lipinski definition) is 4. The minimum Gasteiger partial charge on any atom is -0.442 e. The van der Waals surface area contributed by atoms with Crippen molar-refractivity contribution in [3.8, 4) is 0 Å². The Hall–Kier alpha value is -0.810. The Morgan fingerprint density at radius 2 is 2.08 bits per heavy atom. The summed E-state index contributed by atoms with van der Waals surface area (Å²) in [4.78, 5) is 15.6. The highest BCUT2D eigenvalue weighted by Gasteiger charge is 2.15. The molecular weight excluding hydrogens is 174 g/mol. The molecule has 5 nitrogen and oxygen atoms in total. The lowest BCUT2D eigenvalue weighted by Crippen LogP contribution is -2.32. The van der Waals surface area contributed by atoms with Crippen LogP contribution in [0.4, 0.5) is 4.79 Å². The number of carbonyl (C=O) groups excluding carboxylic acids is 1. The largest absolute Gasteiger partial charge is 0.442 e. The van der Waals surface area contributed by atoms with Gasteiger partial charge in [-0.05, 0) is 27.2 Å². The Bertz CT molecular complexity index is 153. The molecule has 0 aromatic carbocycles. The van der Waals surface area contributed by atoms with Crippen molar-refractivity contribution in [3.05, 3.63) is 0 Å². The Morgan fingerprint density at radius 3 is 2.54 bits per heavy atom. The van der Waals surface area contributed by atoms with Gasteiger partial charge >= 0.3 is 6.09 Å². The van der Waals surface area contributed by atoms with Gasteiger partial charge < -0.3 is 9.84 Å². The molecule has 0 radical (unpaired) electrons. The van der Waals surface area contributed by atoms with Crippen molar-refractivity contribution in [2.45, 2.75) is 32.8 Å². The summed E-state index contributed by atoms with van der Waals surface area (Å²) in [6, 6.07) is 0. The Balaban J connectivity index is 3.41. The topological polar surface area (TPSA) is 67.8 Å². The molecule has 0 atom stereocenters. The Labute approximate surface area is 78.0 Å². The lowest BCUT2D eigenvalue weighted by molar-refractivity contribution is -0.0106. The van der Waals surface area contributed by atoms with E-state index in [0.717, 1.165) is 0 Å². The molecule has 0 aliphatic rings. The van der Waals surface area contributed by atoms with E-state index in [1.165, 1.54) is 0 Å².